The van der Waals surface area contributed by atoms with Gasteiger partial charge in [-0.15, -0.1) is 0 Å². The molecule has 1 heterocycles. The van der Waals surface area contributed by atoms with E-state index in [1.165, 1.54) is 0 Å². The molecule has 1 aliphatic rings. The second-order valence-electron chi connectivity index (χ2n) is 7.29. The maximum absolute atomic E-state index is 12.5. The zero-order valence-electron chi connectivity index (χ0n) is 16.0. The molecule has 5 nitrogen and oxygen atoms in total. The quantitative estimate of drug-likeness (QED) is 0.750. The SMILES string of the molecule is COc1ccc2c(c1)OC(C)(C)C[C@H]2NC(=O)COc1ccc(Br)c(C)c1. The van der Waals surface area contributed by atoms with Gasteiger partial charge in [0, 0.05) is 22.5 Å². The molecule has 0 radical (unpaired) electrons. The van der Waals surface area contributed by atoms with Crippen molar-refractivity contribution in [3.05, 3.63) is 52.0 Å². The summed E-state index contributed by atoms with van der Waals surface area (Å²) in [5, 5.41) is 3.07. The molecule has 2 aromatic rings. The fourth-order valence-electron chi connectivity index (χ4n) is 3.18. The molecule has 0 fully saturated rings. The maximum atomic E-state index is 12.5. The fraction of sp³-hybridized carbons (Fsp3) is 0.381. The van der Waals surface area contributed by atoms with Crippen molar-refractivity contribution in [2.24, 2.45) is 0 Å². The maximum Gasteiger partial charge on any atom is 0.258 e. The minimum atomic E-state index is -0.388. The van der Waals surface area contributed by atoms with E-state index >= 15 is 0 Å². The minimum Gasteiger partial charge on any atom is -0.497 e. The Morgan fingerprint density at radius 3 is 2.70 bits per heavy atom. The van der Waals surface area contributed by atoms with Crippen LogP contribution in [0.2, 0.25) is 0 Å². The average Bonchev–Trinajstić information content (AvgIpc) is 2.61. The van der Waals surface area contributed by atoms with Crippen molar-refractivity contribution in [3.63, 3.8) is 0 Å². The Labute approximate surface area is 168 Å². The van der Waals surface area contributed by atoms with Gasteiger partial charge in [-0.3, -0.25) is 4.79 Å². The molecule has 0 unspecified atom stereocenters. The van der Waals surface area contributed by atoms with Gasteiger partial charge in [0.05, 0.1) is 13.2 Å². The predicted molar refractivity (Wildman–Crippen MR) is 108 cm³/mol. The molecule has 1 aliphatic heterocycles. The first-order chi connectivity index (χ1) is 12.8. The fourth-order valence-corrected chi connectivity index (χ4v) is 3.43. The van der Waals surface area contributed by atoms with Crippen molar-refractivity contribution in [2.45, 2.75) is 38.8 Å². The number of ether oxygens (including phenoxy) is 3. The van der Waals surface area contributed by atoms with E-state index in [1.54, 1.807) is 7.11 Å². The number of aryl methyl sites for hydroxylation is 1. The molecule has 6 heteroatoms. The number of carbonyl (C=O) groups is 1. The van der Waals surface area contributed by atoms with Gasteiger partial charge >= 0.3 is 0 Å². The number of benzene rings is 2. The number of methoxy groups -OCH3 is 1. The zero-order valence-corrected chi connectivity index (χ0v) is 17.6. The zero-order chi connectivity index (χ0) is 19.6. The van der Waals surface area contributed by atoms with Crippen molar-refractivity contribution >= 4 is 21.8 Å². The van der Waals surface area contributed by atoms with Crippen LogP contribution in [0.4, 0.5) is 0 Å². The van der Waals surface area contributed by atoms with Crippen LogP contribution in [0.3, 0.4) is 0 Å². The van der Waals surface area contributed by atoms with Crippen molar-refractivity contribution in [1.29, 1.82) is 0 Å². The lowest BCUT2D eigenvalue weighted by Gasteiger charge is -2.38. The highest BCUT2D eigenvalue weighted by atomic mass is 79.9. The first-order valence-electron chi connectivity index (χ1n) is 8.83. The number of hydrogen-bond donors (Lipinski definition) is 1. The number of halogens is 1. The summed E-state index contributed by atoms with van der Waals surface area (Å²) < 4.78 is 18.0. The molecule has 1 atom stereocenters. The van der Waals surface area contributed by atoms with E-state index in [4.69, 9.17) is 14.2 Å². The molecular formula is C21H24BrNO4. The van der Waals surface area contributed by atoms with Gasteiger partial charge in [-0.1, -0.05) is 15.9 Å². The van der Waals surface area contributed by atoms with Gasteiger partial charge in [-0.2, -0.15) is 0 Å². The van der Waals surface area contributed by atoms with Gasteiger partial charge < -0.3 is 19.5 Å². The van der Waals surface area contributed by atoms with Crippen LogP contribution in [0, 0.1) is 6.92 Å². The number of fused-ring (bicyclic) bond motifs is 1. The third-order valence-electron chi connectivity index (χ3n) is 4.51. The molecule has 0 saturated carbocycles. The third kappa shape index (κ3) is 4.75. The average molecular weight is 434 g/mol. The number of nitrogens with one attached hydrogen (secondary N) is 1. The standard InChI is InChI=1S/C21H24BrNO4/c1-13-9-15(6-8-17(13)22)26-12-20(24)23-18-11-21(2,3)27-19-10-14(25-4)5-7-16(18)19/h5-10,18H,11-12H2,1-4H3,(H,23,24)/t18-/m1/s1. The van der Waals surface area contributed by atoms with Gasteiger partial charge in [0.15, 0.2) is 6.61 Å². The van der Waals surface area contributed by atoms with Crippen LogP contribution >= 0.6 is 15.9 Å². The molecule has 2 aromatic carbocycles. The highest BCUT2D eigenvalue weighted by Gasteiger charge is 2.34. The van der Waals surface area contributed by atoms with Crippen LogP contribution in [0.5, 0.6) is 17.2 Å². The van der Waals surface area contributed by atoms with E-state index in [1.807, 2.05) is 57.2 Å². The molecule has 144 valence electrons. The van der Waals surface area contributed by atoms with Gasteiger partial charge in [0.1, 0.15) is 22.8 Å². The summed E-state index contributed by atoms with van der Waals surface area (Å²) >= 11 is 3.46. The van der Waals surface area contributed by atoms with Crippen molar-refractivity contribution in [2.75, 3.05) is 13.7 Å². The van der Waals surface area contributed by atoms with E-state index in [9.17, 15) is 4.79 Å². The van der Waals surface area contributed by atoms with E-state index < -0.39 is 0 Å². The minimum absolute atomic E-state index is 0.0374. The lowest BCUT2D eigenvalue weighted by molar-refractivity contribution is -0.124. The summed E-state index contributed by atoms with van der Waals surface area (Å²) in [6.07, 6.45) is 0.676. The molecule has 0 bridgehead atoms. The highest BCUT2D eigenvalue weighted by molar-refractivity contribution is 9.10. The summed E-state index contributed by atoms with van der Waals surface area (Å²) in [6, 6.07) is 11.2. The van der Waals surface area contributed by atoms with E-state index in [2.05, 4.69) is 21.2 Å². The summed E-state index contributed by atoms with van der Waals surface area (Å²) in [5.74, 6) is 1.97. The van der Waals surface area contributed by atoms with Crippen LogP contribution in [0.1, 0.15) is 37.4 Å². The molecule has 27 heavy (non-hydrogen) atoms. The van der Waals surface area contributed by atoms with Gasteiger partial charge in [-0.25, -0.2) is 0 Å². The number of hydrogen-bond acceptors (Lipinski definition) is 4. The van der Waals surface area contributed by atoms with Crippen molar-refractivity contribution in [1.82, 2.24) is 5.32 Å². The molecule has 3 rings (SSSR count). The first-order valence-corrected chi connectivity index (χ1v) is 9.62. The second-order valence-corrected chi connectivity index (χ2v) is 8.14. The van der Waals surface area contributed by atoms with Gasteiger partial charge in [0.25, 0.3) is 5.91 Å². The predicted octanol–water partition coefficient (Wildman–Crippen LogP) is 4.56. The molecule has 0 aromatic heterocycles. The molecule has 1 N–H and O–H groups in total. The highest BCUT2D eigenvalue weighted by Crippen LogP contribution is 2.41. The molecule has 0 saturated heterocycles. The first kappa shape index (κ1) is 19.5. The normalized spacial score (nSPS) is 17.4. The van der Waals surface area contributed by atoms with Crippen molar-refractivity contribution in [3.8, 4) is 17.2 Å². The van der Waals surface area contributed by atoms with Gasteiger partial charge in [-0.05, 0) is 56.7 Å². The van der Waals surface area contributed by atoms with Crippen LogP contribution < -0.4 is 19.5 Å². The molecule has 1 amide bonds. The second kappa shape index (κ2) is 7.80. The Balaban J connectivity index is 1.69. The number of amides is 1. The van der Waals surface area contributed by atoms with Crippen molar-refractivity contribution < 1.29 is 19.0 Å². The Hall–Kier alpha value is -2.21. The summed E-state index contributed by atoms with van der Waals surface area (Å²) in [4.78, 5) is 12.5. The van der Waals surface area contributed by atoms with Crippen LogP contribution in [0.25, 0.3) is 0 Å². The Morgan fingerprint density at radius 2 is 2.00 bits per heavy atom. The summed E-state index contributed by atoms with van der Waals surface area (Å²) in [7, 11) is 1.62. The Kier molecular flexibility index (Phi) is 5.65. The molecule has 0 spiro atoms. The van der Waals surface area contributed by atoms with Crippen LogP contribution in [-0.4, -0.2) is 25.2 Å². The topological polar surface area (TPSA) is 56.8 Å². The largest absolute Gasteiger partial charge is 0.497 e. The van der Waals surface area contributed by atoms with E-state index in [-0.39, 0.29) is 24.2 Å². The van der Waals surface area contributed by atoms with Crippen LogP contribution in [0.15, 0.2) is 40.9 Å². The lowest BCUT2D eigenvalue weighted by Crippen LogP contribution is -2.42. The number of carbonyl (C=O) groups excluding carboxylic acids is 1. The van der Waals surface area contributed by atoms with Crippen LogP contribution in [-0.2, 0) is 4.79 Å². The van der Waals surface area contributed by atoms with E-state index in [0.717, 1.165) is 27.1 Å². The molecule has 0 aliphatic carbocycles. The monoisotopic (exact) mass is 433 g/mol. The Bertz CT molecular complexity index is 850. The van der Waals surface area contributed by atoms with E-state index in [0.29, 0.717) is 12.2 Å². The summed E-state index contributed by atoms with van der Waals surface area (Å²) in [6.45, 7) is 5.96. The molecular weight excluding hydrogens is 410 g/mol. The van der Waals surface area contributed by atoms with Gasteiger partial charge in [0.2, 0.25) is 0 Å². The summed E-state index contributed by atoms with van der Waals surface area (Å²) in [5.41, 5.74) is 1.62. The smallest absolute Gasteiger partial charge is 0.258 e. The number of rotatable bonds is 5. The third-order valence-corrected chi connectivity index (χ3v) is 5.40. The lowest BCUT2D eigenvalue weighted by atomic mass is 9.89. The Morgan fingerprint density at radius 1 is 1.26 bits per heavy atom.